The lowest BCUT2D eigenvalue weighted by molar-refractivity contribution is 0.112. The van der Waals surface area contributed by atoms with E-state index in [1.165, 1.54) is 17.0 Å². The topological polar surface area (TPSA) is 34.9 Å². The molecule has 0 saturated heterocycles. The van der Waals surface area contributed by atoms with Crippen molar-refractivity contribution < 1.29 is 4.79 Å². The normalized spacial score (nSPS) is 10.7. The number of aryl methyl sites for hydroxylation is 3. The maximum atomic E-state index is 10.9. The molecule has 0 saturated carbocycles. The largest absolute Gasteiger partial charge is 0.303 e. The van der Waals surface area contributed by atoms with Crippen LogP contribution in [0.4, 0.5) is 0 Å². The molecule has 0 unspecified atom stereocenters. The van der Waals surface area contributed by atoms with Crippen LogP contribution < -0.4 is 0 Å². The standard InChI is InChI=1S/C20H20N2O/c1-14-9-19(12-17-5-4-6-18(11-17)13-23)21-20(10-14)22-15(2)7-8-16(22)3/h4-11,13H,12H2,1-3H3. The molecule has 0 fully saturated rings. The Labute approximate surface area is 136 Å². The molecule has 2 aromatic heterocycles. The Balaban J connectivity index is 1.99. The fourth-order valence-electron chi connectivity index (χ4n) is 2.94. The Morgan fingerprint density at radius 1 is 1.00 bits per heavy atom. The van der Waals surface area contributed by atoms with E-state index in [1.807, 2.05) is 24.3 Å². The minimum Gasteiger partial charge on any atom is -0.303 e. The van der Waals surface area contributed by atoms with E-state index in [4.69, 9.17) is 4.98 Å². The number of rotatable bonds is 4. The van der Waals surface area contributed by atoms with Gasteiger partial charge in [-0.15, -0.1) is 0 Å². The summed E-state index contributed by atoms with van der Waals surface area (Å²) < 4.78 is 2.17. The Hall–Kier alpha value is -2.68. The molecular weight excluding hydrogens is 284 g/mol. The van der Waals surface area contributed by atoms with Gasteiger partial charge in [0, 0.05) is 29.1 Å². The first-order chi connectivity index (χ1) is 11.1. The number of aromatic nitrogens is 2. The van der Waals surface area contributed by atoms with Gasteiger partial charge in [0.25, 0.3) is 0 Å². The number of carbonyl (C=O) groups is 1. The van der Waals surface area contributed by atoms with Crippen LogP contribution in [-0.4, -0.2) is 15.8 Å². The molecule has 0 radical (unpaired) electrons. The SMILES string of the molecule is Cc1cc(Cc2cccc(C=O)c2)nc(-n2c(C)ccc2C)c1. The summed E-state index contributed by atoms with van der Waals surface area (Å²) in [7, 11) is 0. The van der Waals surface area contributed by atoms with Crippen molar-refractivity contribution >= 4 is 6.29 Å². The van der Waals surface area contributed by atoms with E-state index in [9.17, 15) is 4.79 Å². The van der Waals surface area contributed by atoms with E-state index >= 15 is 0 Å². The number of nitrogens with zero attached hydrogens (tertiary/aromatic N) is 2. The quantitative estimate of drug-likeness (QED) is 0.677. The molecule has 0 spiro atoms. The molecule has 0 aliphatic carbocycles. The molecule has 2 heterocycles. The molecule has 3 heteroatoms. The summed E-state index contributed by atoms with van der Waals surface area (Å²) in [5.74, 6) is 0.951. The van der Waals surface area contributed by atoms with Crippen LogP contribution in [-0.2, 0) is 6.42 Å². The molecule has 3 aromatic rings. The van der Waals surface area contributed by atoms with Crippen LogP contribution in [0.2, 0.25) is 0 Å². The highest BCUT2D eigenvalue weighted by atomic mass is 16.1. The van der Waals surface area contributed by atoms with Gasteiger partial charge in [-0.05, 0) is 62.2 Å². The van der Waals surface area contributed by atoms with Crippen molar-refractivity contribution in [3.05, 3.63) is 82.3 Å². The third kappa shape index (κ3) is 3.24. The van der Waals surface area contributed by atoms with Crippen LogP contribution in [0.25, 0.3) is 5.82 Å². The van der Waals surface area contributed by atoms with Crippen LogP contribution in [0.15, 0.2) is 48.5 Å². The van der Waals surface area contributed by atoms with Crippen molar-refractivity contribution in [2.24, 2.45) is 0 Å². The lowest BCUT2D eigenvalue weighted by atomic mass is 10.1. The average Bonchev–Trinajstić information content (AvgIpc) is 2.86. The average molecular weight is 304 g/mol. The van der Waals surface area contributed by atoms with Crippen LogP contribution in [0, 0.1) is 20.8 Å². The molecule has 0 N–H and O–H groups in total. The van der Waals surface area contributed by atoms with Crippen molar-refractivity contribution in [3.8, 4) is 5.82 Å². The number of hydrogen-bond donors (Lipinski definition) is 0. The smallest absolute Gasteiger partial charge is 0.150 e. The van der Waals surface area contributed by atoms with E-state index in [2.05, 4.69) is 49.6 Å². The number of aldehydes is 1. The van der Waals surface area contributed by atoms with Gasteiger partial charge < -0.3 is 4.57 Å². The fraction of sp³-hybridized carbons (Fsp3) is 0.200. The predicted octanol–water partition coefficient (Wildman–Crippen LogP) is 4.20. The highest BCUT2D eigenvalue weighted by Crippen LogP contribution is 2.18. The fourth-order valence-corrected chi connectivity index (χ4v) is 2.94. The van der Waals surface area contributed by atoms with Crippen molar-refractivity contribution in [2.75, 3.05) is 0 Å². The first-order valence-corrected chi connectivity index (χ1v) is 7.74. The number of carbonyl (C=O) groups excluding carboxylic acids is 1. The molecular formula is C20H20N2O. The summed E-state index contributed by atoms with van der Waals surface area (Å²) in [6, 6.07) is 16.1. The van der Waals surface area contributed by atoms with Crippen molar-refractivity contribution in [1.82, 2.24) is 9.55 Å². The van der Waals surface area contributed by atoms with Crippen LogP contribution in [0.5, 0.6) is 0 Å². The van der Waals surface area contributed by atoms with Gasteiger partial charge in [0.15, 0.2) is 0 Å². The molecule has 3 rings (SSSR count). The minimum absolute atomic E-state index is 0.701. The highest BCUT2D eigenvalue weighted by molar-refractivity contribution is 5.74. The van der Waals surface area contributed by atoms with E-state index < -0.39 is 0 Å². The molecule has 0 bridgehead atoms. The van der Waals surface area contributed by atoms with Crippen LogP contribution in [0.1, 0.15) is 38.6 Å². The molecule has 0 atom stereocenters. The summed E-state index contributed by atoms with van der Waals surface area (Å²) >= 11 is 0. The van der Waals surface area contributed by atoms with E-state index in [1.54, 1.807) is 0 Å². The summed E-state index contributed by atoms with van der Waals surface area (Å²) in [5.41, 5.74) is 6.34. The first kappa shape index (κ1) is 15.2. The van der Waals surface area contributed by atoms with Gasteiger partial charge in [0.2, 0.25) is 0 Å². The third-order valence-corrected chi connectivity index (χ3v) is 3.98. The Morgan fingerprint density at radius 2 is 1.74 bits per heavy atom. The molecule has 23 heavy (non-hydrogen) atoms. The number of pyridine rings is 1. The minimum atomic E-state index is 0.701. The second-order valence-electron chi connectivity index (χ2n) is 5.99. The summed E-state index contributed by atoms with van der Waals surface area (Å²) in [4.78, 5) is 15.8. The third-order valence-electron chi connectivity index (χ3n) is 3.98. The van der Waals surface area contributed by atoms with E-state index in [0.29, 0.717) is 5.56 Å². The van der Waals surface area contributed by atoms with Gasteiger partial charge in [0.1, 0.15) is 12.1 Å². The maximum Gasteiger partial charge on any atom is 0.150 e. The summed E-state index contributed by atoms with van der Waals surface area (Å²) in [6.07, 6.45) is 1.60. The van der Waals surface area contributed by atoms with Crippen molar-refractivity contribution in [3.63, 3.8) is 0 Å². The maximum absolute atomic E-state index is 10.9. The van der Waals surface area contributed by atoms with Gasteiger partial charge in [-0.1, -0.05) is 18.2 Å². The van der Waals surface area contributed by atoms with Gasteiger partial charge in [-0.25, -0.2) is 4.98 Å². The zero-order valence-corrected chi connectivity index (χ0v) is 13.7. The second-order valence-corrected chi connectivity index (χ2v) is 5.99. The molecule has 3 nitrogen and oxygen atoms in total. The monoisotopic (exact) mass is 304 g/mol. The van der Waals surface area contributed by atoms with Gasteiger partial charge in [-0.2, -0.15) is 0 Å². The van der Waals surface area contributed by atoms with Gasteiger partial charge in [0.05, 0.1) is 0 Å². The lowest BCUT2D eigenvalue weighted by Crippen LogP contribution is -2.05. The van der Waals surface area contributed by atoms with Gasteiger partial charge in [-0.3, -0.25) is 4.79 Å². The lowest BCUT2D eigenvalue weighted by Gasteiger charge is -2.12. The molecule has 1 aromatic carbocycles. The molecule has 0 aliphatic heterocycles. The Kier molecular flexibility index (Phi) is 4.11. The number of hydrogen-bond acceptors (Lipinski definition) is 2. The predicted molar refractivity (Wildman–Crippen MR) is 92.4 cm³/mol. The molecule has 0 amide bonds. The summed E-state index contributed by atoms with van der Waals surface area (Å²) in [5, 5.41) is 0. The second kappa shape index (κ2) is 6.21. The van der Waals surface area contributed by atoms with Crippen molar-refractivity contribution in [2.45, 2.75) is 27.2 Å². The Morgan fingerprint density at radius 3 is 2.43 bits per heavy atom. The van der Waals surface area contributed by atoms with Crippen molar-refractivity contribution in [1.29, 1.82) is 0 Å². The zero-order chi connectivity index (χ0) is 16.4. The summed E-state index contributed by atoms with van der Waals surface area (Å²) in [6.45, 7) is 6.26. The van der Waals surface area contributed by atoms with Gasteiger partial charge >= 0.3 is 0 Å². The Bertz CT molecular complexity index is 842. The first-order valence-electron chi connectivity index (χ1n) is 7.74. The van der Waals surface area contributed by atoms with Crippen LogP contribution in [0.3, 0.4) is 0 Å². The molecule has 116 valence electrons. The van der Waals surface area contributed by atoms with E-state index in [0.717, 1.165) is 29.8 Å². The zero-order valence-electron chi connectivity index (χ0n) is 13.7. The number of benzene rings is 1. The van der Waals surface area contributed by atoms with E-state index in [-0.39, 0.29) is 0 Å². The molecule has 0 aliphatic rings. The highest BCUT2D eigenvalue weighted by Gasteiger charge is 2.08. The van der Waals surface area contributed by atoms with Crippen LogP contribution >= 0.6 is 0 Å².